The number of hydrogen-bond donors (Lipinski definition) is 1. The Labute approximate surface area is 168 Å². The molecule has 10 heteroatoms. The van der Waals surface area contributed by atoms with Crippen molar-refractivity contribution in [2.24, 2.45) is 5.10 Å². The van der Waals surface area contributed by atoms with Crippen LogP contribution in [0, 0.1) is 0 Å². The van der Waals surface area contributed by atoms with E-state index < -0.39 is 0 Å². The number of nitrogens with one attached hydrogen (secondary N) is 1. The van der Waals surface area contributed by atoms with Gasteiger partial charge >= 0.3 is 0 Å². The lowest BCUT2D eigenvalue weighted by Gasteiger charge is -2.08. The molecule has 0 aliphatic rings. The van der Waals surface area contributed by atoms with E-state index in [1.165, 1.54) is 11.0 Å². The summed E-state index contributed by atoms with van der Waals surface area (Å²) in [5, 5.41) is 15.7. The number of tetrazole rings is 1. The van der Waals surface area contributed by atoms with Crippen molar-refractivity contribution in [3.05, 3.63) is 63.9 Å². The first-order chi connectivity index (χ1) is 13.0. The molecule has 0 aliphatic carbocycles. The van der Waals surface area contributed by atoms with Gasteiger partial charge in [0.1, 0.15) is 12.1 Å². The van der Waals surface area contributed by atoms with E-state index in [1.54, 1.807) is 25.1 Å². The van der Waals surface area contributed by atoms with Crippen molar-refractivity contribution in [2.45, 2.75) is 6.92 Å². The Balaban J connectivity index is 1.60. The van der Waals surface area contributed by atoms with E-state index in [9.17, 15) is 4.79 Å². The Morgan fingerprint density at radius 1 is 1.33 bits per heavy atom. The third-order valence-corrected chi connectivity index (χ3v) is 4.33. The molecule has 0 saturated carbocycles. The lowest BCUT2D eigenvalue weighted by atomic mass is 10.1. The van der Waals surface area contributed by atoms with E-state index in [0.717, 1.165) is 11.3 Å². The van der Waals surface area contributed by atoms with Gasteiger partial charge < -0.3 is 4.74 Å². The van der Waals surface area contributed by atoms with E-state index in [2.05, 4.69) is 42.0 Å². The van der Waals surface area contributed by atoms with Crippen molar-refractivity contribution in [3.8, 4) is 11.4 Å². The molecule has 3 aromatic rings. The van der Waals surface area contributed by atoms with Crippen LogP contribution in [0.25, 0.3) is 5.69 Å². The van der Waals surface area contributed by atoms with E-state index in [4.69, 9.17) is 16.3 Å². The molecule has 3 rings (SSSR count). The average Bonchev–Trinajstić information content (AvgIpc) is 3.20. The Morgan fingerprint density at radius 3 is 2.93 bits per heavy atom. The highest BCUT2D eigenvalue weighted by Crippen LogP contribution is 2.27. The minimum Gasteiger partial charge on any atom is -0.483 e. The van der Waals surface area contributed by atoms with Crippen LogP contribution in [0.15, 0.2) is 58.4 Å². The number of carbonyl (C=O) groups excluding carboxylic acids is 1. The molecule has 0 atom stereocenters. The topological polar surface area (TPSA) is 94.3 Å². The van der Waals surface area contributed by atoms with E-state index >= 15 is 0 Å². The normalized spacial score (nSPS) is 11.3. The second-order valence-electron chi connectivity index (χ2n) is 5.40. The summed E-state index contributed by atoms with van der Waals surface area (Å²) in [6.07, 6.45) is 1.50. The smallest absolute Gasteiger partial charge is 0.277 e. The third kappa shape index (κ3) is 5.11. The van der Waals surface area contributed by atoms with Gasteiger partial charge in [-0.05, 0) is 69.2 Å². The average molecular weight is 450 g/mol. The lowest BCUT2D eigenvalue weighted by Crippen LogP contribution is -2.25. The molecule has 0 radical (unpaired) electrons. The summed E-state index contributed by atoms with van der Waals surface area (Å²) in [6.45, 7) is 1.61. The largest absolute Gasteiger partial charge is 0.483 e. The van der Waals surface area contributed by atoms with Crippen LogP contribution >= 0.6 is 27.5 Å². The fourth-order valence-electron chi connectivity index (χ4n) is 2.13. The molecule has 2 aromatic carbocycles. The Kier molecular flexibility index (Phi) is 6.15. The van der Waals surface area contributed by atoms with Crippen LogP contribution in [-0.4, -0.2) is 38.4 Å². The van der Waals surface area contributed by atoms with Crippen LogP contribution in [0.1, 0.15) is 12.5 Å². The lowest BCUT2D eigenvalue weighted by molar-refractivity contribution is -0.123. The highest BCUT2D eigenvalue weighted by atomic mass is 79.9. The zero-order chi connectivity index (χ0) is 19.2. The van der Waals surface area contributed by atoms with Gasteiger partial charge in [0, 0.05) is 5.02 Å². The summed E-state index contributed by atoms with van der Waals surface area (Å²) in [4.78, 5) is 12.0. The molecule has 0 spiro atoms. The summed E-state index contributed by atoms with van der Waals surface area (Å²) >= 11 is 9.20. The Bertz CT molecular complexity index is 977. The number of halogens is 2. The van der Waals surface area contributed by atoms with Gasteiger partial charge in [0.25, 0.3) is 5.91 Å². The van der Waals surface area contributed by atoms with Crippen LogP contribution < -0.4 is 10.2 Å². The van der Waals surface area contributed by atoms with Gasteiger partial charge in [-0.1, -0.05) is 23.7 Å². The number of hydrazone groups is 1. The Morgan fingerprint density at radius 2 is 2.19 bits per heavy atom. The van der Waals surface area contributed by atoms with Gasteiger partial charge in [-0.3, -0.25) is 4.79 Å². The summed E-state index contributed by atoms with van der Waals surface area (Å²) in [6, 6.07) is 12.5. The first-order valence-corrected chi connectivity index (χ1v) is 8.95. The zero-order valence-electron chi connectivity index (χ0n) is 14.1. The molecule has 1 N–H and O–H groups in total. The molecule has 8 nitrogen and oxygen atoms in total. The van der Waals surface area contributed by atoms with Crippen molar-refractivity contribution in [1.29, 1.82) is 0 Å². The number of amides is 1. The minimum absolute atomic E-state index is 0.179. The summed E-state index contributed by atoms with van der Waals surface area (Å²) < 4.78 is 7.65. The Hall–Kier alpha value is -2.78. The molecule has 138 valence electrons. The number of rotatable bonds is 6. The third-order valence-electron chi connectivity index (χ3n) is 3.48. The molecule has 27 heavy (non-hydrogen) atoms. The first-order valence-electron chi connectivity index (χ1n) is 7.78. The highest BCUT2D eigenvalue weighted by Gasteiger charge is 2.07. The standard InChI is InChI=1S/C17H14BrClN6O2/c1-11(12-3-2-4-14(7-12)25-10-20-23-24-25)21-22-17(26)9-27-16-6-5-13(19)8-15(16)18/h2-8,10H,9H2,1H3,(H,22,26)/b21-11+. The maximum absolute atomic E-state index is 12.0. The second-order valence-corrected chi connectivity index (χ2v) is 6.69. The van der Waals surface area contributed by atoms with Gasteiger partial charge in [-0.15, -0.1) is 5.10 Å². The highest BCUT2D eigenvalue weighted by molar-refractivity contribution is 9.10. The maximum Gasteiger partial charge on any atom is 0.277 e. The molecule has 0 bridgehead atoms. The van der Waals surface area contributed by atoms with Crippen LogP contribution in [0.3, 0.4) is 0 Å². The molecular formula is C17H14BrClN6O2. The molecule has 1 heterocycles. The molecule has 0 saturated heterocycles. The van der Waals surface area contributed by atoms with E-state index in [0.29, 0.717) is 21.0 Å². The maximum atomic E-state index is 12.0. The zero-order valence-corrected chi connectivity index (χ0v) is 16.5. The van der Waals surface area contributed by atoms with E-state index in [1.807, 2.05) is 24.3 Å². The molecule has 0 unspecified atom stereocenters. The van der Waals surface area contributed by atoms with Crippen LogP contribution in [0.5, 0.6) is 5.75 Å². The van der Waals surface area contributed by atoms with Crippen LogP contribution in [0.4, 0.5) is 0 Å². The molecule has 0 aliphatic heterocycles. The number of hydrogen-bond acceptors (Lipinski definition) is 6. The summed E-state index contributed by atoms with van der Waals surface area (Å²) in [7, 11) is 0. The van der Waals surface area contributed by atoms with Gasteiger partial charge in [-0.2, -0.15) is 5.10 Å². The van der Waals surface area contributed by atoms with E-state index in [-0.39, 0.29) is 12.5 Å². The van der Waals surface area contributed by atoms with Crippen LogP contribution in [-0.2, 0) is 4.79 Å². The predicted octanol–water partition coefficient (Wildman–Crippen LogP) is 3.00. The minimum atomic E-state index is -0.382. The van der Waals surface area contributed by atoms with Gasteiger partial charge in [-0.25, -0.2) is 10.1 Å². The fourth-order valence-corrected chi connectivity index (χ4v) is 2.93. The fraction of sp³-hybridized carbons (Fsp3) is 0.118. The monoisotopic (exact) mass is 448 g/mol. The van der Waals surface area contributed by atoms with Crippen molar-refractivity contribution < 1.29 is 9.53 Å². The molecule has 1 aromatic heterocycles. The quantitative estimate of drug-likeness (QED) is 0.461. The number of aromatic nitrogens is 4. The summed E-state index contributed by atoms with van der Waals surface area (Å²) in [5.41, 5.74) is 4.71. The van der Waals surface area contributed by atoms with Crippen molar-refractivity contribution in [1.82, 2.24) is 25.6 Å². The predicted molar refractivity (Wildman–Crippen MR) is 104 cm³/mol. The molecule has 0 fully saturated rings. The van der Waals surface area contributed by atoms with Crippen molar-refractivity contribution >= 4 is 39.1 Å². The SMILES string of the molecule is C/C(=N\NC(=O)COc1ccc(Cl)cc1Br)c1cccc(-n2cnnn2)c1. The van der Waals surface area contributed by atoms with Crippen molar-refractivity contribution in [2.75, 3.05) is 6.61 Å². The molecule has 1 amide bonds. The van der Waals surface area contributed by atoms with Gasteiger partial charge in [0.05, 0.1) is 15.9 Å². The van der Waals surface area contributed by atoms with Gasteiger partial charge in [0.2, 0.25) is 0 Å². The number of carbonyl (C=O) groups is 1. The second kappa shape index (κ2) is 8.74. The number of benzene rings is 2. The first kappa shape index (κ1) is 19.0. The summed E-state index contributed by atoms with van der Waals surface area (Å²) in [5.74, 6) is 0.136. The molecular weight excluding hydrogens is 436 g/mol. The van der Waals surface area contributed by atoms with Crippen molar-refractivity contribution in [3.63, 3.8) is 0 Å². The van der Waals surface area contributed by atoms with Crippen LogP contribution in [0.2, 0.25) is 5.02 Å². The number of nitrogens with zero attached hydrogens (tertiary/aromatic N) is 5. The number of ether oxygens (including phenoxy) is 1. The van der Waals surface area contributed by atoms with Gasteiger partial charge in [0.15, 0.2) is 6.61 Å².